The van der Waals surface area contributed by atoms with Gasteiger partial charge in [0.25, 0.3) is 23.6 Å². The third kappa shape index (κ3) is 21.4. The number of amides is 4. The predicted molar refractivity (Wildman–Crippen MR) is 326 cm³/mol. The first-order valence-electron chi connectivity index (χ1n) is 25.2. The summed E-state index contributed by atoms with van der Waals surface area (Å²) in [6.45, 7) is 2.87. The van der Waals surface area contributed by atoms with E-state index in [1.54, 1.807) is 6.92 Å². The summed E-state index contributed by atoms with van der Waals surface area (Å²) in [6, 6.07) is 10.9. The second-order valence-corrected chi connectivity index (χ2v) is 21.4. The number of hydrogen-bond acceptors (Lipinski definition) is 16. The lowest BCUT2D eigenvalue weighted by atomic mass is 10.1. The molecule has 0 unspecified atom stereocenters. The van der Waals surface area contributed by atoms with Crippen molar-refractivity contribution < 1.29 is 87.3 Å². The van der Waals surface area contributed by atoms with Crippen molar-refractivity contribution in [1.82, 2.24) is 30.7 Å². The van der Waals surface area contributed by atoms with Crippen LogP contribution >= 0.6 is 88.5 Å². The Morgan fingerprint density at radius 3 is 1.04 bits per heavy atom. The Morgan fingerprint density at radius 2 is 0.714 bits per heavy atom. The van der Waals surface area contributed by atoms with Gasteiger partial charge in [0, 0.05) is 96.3 Å². The van der Waals surface area contributed by atoms with Crippen LogP contribution in [-0.2, 0) is 9.53 Å². The van der Waals surface area contributed by atoms with Crippen LogP contribution in [0.2, 0.25) is 0 Å². The van der Waals surface area contributed by atoms with E-state index in [-0.39, 0.29) is 183 Å². The van der Waals surface area contributed by atoms with Gasteiger partial charge in [-0.3, -0.25) is 33.8 Å². The number of methoxy groups -OCH3 is 4. The molecule has 4 aromatic rings. The zero-order chi connectivity index (χ0) is 60.8. The van der Waals surface area contributed by atoms with Gasteiger partial charge in [-0.25, -0.2) is 19.2 Å². The molecule has 0 aliphatic heterocycles. The number of nitrogens with zero attached hydrogens (tertiary/aromatic N) is 3. The smallest absolute Gasteiger partial charge is 0.339 e. The summed E-state index contributed by atoms with van der Waals surface area (Å²) < 4.78 is 27.8. The van der Waals surface area contributed by atoms with Crippen molar-refractivity contribution in [3.8, 4) is 23.0 Å². The van der Waals surface area contributed by atoms with Crippen LogP contribution in [0.4, 0.5) is 0 Å². The van der Waals surface area contributed by atoms with Crippen molar-refractivity contribution in [2.75, 3.05) is 107 Å². The summed E-state index contributed by atoms with van der Waals surface area (Å²) in [5.41, 5.74) is -1.30. The summed E-state index contributed by atoms with van der Waals surface area (Å²) in [5.74, 6) is -8.95. The average molecular weight is 1480 g/mol. The summed E-state index contributed by atoms with van der Waals surface area (Å²) in [6.07, 6.45) is 1.56. The molecule has 0 saturated heterocycles. The van der Waals surface area contributed by atoms with E-state index in [4.69, 9.17) is 23.7 Å². The number of aromatic carboxylic acids is 4. The molecular weight excluding hydrogens is 1410 g/mol. The zero-order valence-electron chi connectivity index (χ0n) is 46.1. The van der Waals surface area contributed by atoms with E-state index in [1.165, 1.54) is 81.9 Å². The molecule has 24 nitrogen and oxygen atoms in total. The Morgan fingerprint density at radius 1 is 0.417 bits per heavy atom. The van der Waals surface area contributed by atoms with Gasteiger partial charge in [-0.05, 0) is 68.3 Å². The molecule has 0 aliphatic rings. The van der Waals surface area contributed by atoms with Crippen LogP contribution in [0.3, 0.4) is 0 Å². The van der Waals surface area contributed by atoms with E-state index in [0.29, 0.717) is 37.2 Å². The first-order chi connectivity index (χ1) is 39.0. The minimum absolute atomic E-state index is 0. The monoisotopic (exact) mass is 1470 g/mol. The molecule has 84 heavy (non-hydrogen) atoms. The van der Waals surface area contributed by atoms with Crippen molar-refractivity contribution in [2.45, 2.75) is 32.6 Å². The fraction of sp³-hybridized carbons (Fsp3) is 0.389. The number of halogens is 6. The lowest BCUT2D eigenvalue weighted by Gasteiger charge is -2.31. The van der Waals surface area contributed by atoms with Gasteiger partial charge in [0.1, 0.15) is 45.3 Å². The summed E-state index contributed by atoms with van der Waals surface area (Å²) >= 11 is 13.1. The minimum atomic E-state index is -1.34. The molecule has 30 heteroatoms. The van der Waals surface area contributed by atoms with Gasteiger partial charge in [-0.2, -0.15) is 0 Å². The number of rotatable bonds is 34. The molecule has 4 rings (SSSR count). The second kappa shape index (κ2) is 36.5. The average Bonchev–Trinajstić information content (AvgIpc) is 3.01. The number of nitrogens with one attached hydrogen (secondary N) is 3. The Hall–Kier alpha value is -6.27. The SMILES string of the molecule is CCOC(=O)CCCCCN(CCN(CCNC(=O)c1cc(Br)cc(C(=O)O)c1OC)CCN(CCNC(=O)c1cc(Br)cc(C(=O)O)c1OC)CCNC(=O)c1cc(Br)cc(C(=O)O)c1OC)C(=O)c1cc(Br)cc(C(=O)O)c1OC.Cl.Cl. The molecular formula is C54H64Br4Cl2N6O18. The molecule has 4 amide bonds. The molecule has 0 saturated carbocycles. The lowest BCUT2D eigenvalue weighted by Crippen LogP contribution is -2.46. The fourth-order valence-corrected chi connectivity index (χ4v) is 10.3. The Balaban J connectivity index is 0.0000120. The molecule has 460 valence electrons. The maximum atomic E-state index is 14.7. The molecule has 0 aromatic heterocycles. The van der Waals surface area contributed by atoms with Gasteiger partial charge in [-0.1, -0.05) is 70.1 Å². The number of esters is 1. The number of carbonyl (C=O) groups is 9. The zero-order valence-corrected chi connectivity index (χ0v) is 54.1. The van der Waals surface area contributed by atoms with Crippen molar-refractivity contribution >= 4 is 142 Å². The molecule has 4 aromatic carbocycles. The molecule has 0 heterocycles. The van der Waals surface area contributed by atoms with E-state index in [2.05, 4.69) is 79.7 Å². The van der Waals surface area contributed by atoms with Crippen molar-refractivity contribution in [3.63, 3.8) is 0 Å². The Labute approximate surface area is 529 Å². The van der Waals surface area contributed by atoms with Crippen LogP contribution in [0.15, 0.2) is 66.4 Å². The van der Waals surface area contributed by atoms with Gasteiger partial charge in [-0.15, -0.1) is 24.8 Å². The maximum Gasteiger partial charge on any atom is 0.339 e. The largest absolute Gasteiger partial charge is 0.495 e. The van der Waals surface area contributed by atoms with Crippen LogP contribution in [0.5, 0.6) is 23.0 Å². The highest BCUT2D eigenvalue weighted by Gasteiger charge is 2.28. The number of hydrogen-bond donors (Lipinski definition) is 7. The van der Waals surface area contributed by atoms with Gasteiger partial charge < -0.3 is 65.0 Å². The highest BCUT2D eigenvalue weighted by molar-refractivity contribution is 9.11. The van der Waals surface area contributed by atoms with Crippen LogP contribution in [0.1, 0.15) is 115 Å². The molecule has 0 spiro atoms. The third-order valence-corrected chi connectivity index (χ3v) is 14.2. The summed E-state index contributed by atoms with van der Waals surface area (Å²) in [5, 5.41) is 48.0. The van der Waals surface area contributed by atoms with Crippen LogP contribution < -0.4 is 34.9 Å². The van der Waals surface area contributed by atoms with Crippen LogP contribution in [0.25, 0.3) is 0 Å². The molecule has 7 N–H and O–H groups in total. The number of ether oxygens (including phenoxy) is 5. The highest BCUT2D eigenvalue weighted by Crippen LogP contribution is 2.33. The third-order valence-electron chi connectivity index (χ3n) is 12.4. The lowest BCUT2D eigenvalue weighted by molar-refractivity contribution is -0.143. The van der Waals surface area contributed by atoms with E-state index in [9.17, 15) is 63.6 Å². The molecule has 0 aliphatic carbocycles. The van der Waals surface area contributed by atoms with Gasteiger partial charge >= 0.3 is 29.8 Å². The molecule has 0 radical (unpaired) electrons. The maximum absolute atomic E-state index is 14.7. The normalized spacial score (nSPS) is 10.7. The minimum Gasteiger partial charge on any atom is -0.495 e. The number of carbonyl (C=O) groups excluding carboxylic acids is 5. The molecule has 0 atom stereocenters. The standard InChI is InChI=1S/C54H62Br4N6O18.2ClH/c1-6-82-42(65)10-8-7-9-14-64(50(69)37-25-33(58)29-41(54(76)77)46(37)81-5)21-20-63(17-13-61-49(68)36-24-32(57)28-40(53(74)75)45(36)80-4)19-18-62(15-11-59-47(66)34-22-30(55)26-38(51(70)71)43(34)78-2)16-12-60-48(67)35-23-31(56)27-39(52(72)73)44(35)79-3;;/h22-29H,6-21H2,1-5H3,(H,59,66)(H,60,67)(H,61,68)(H,70,71)(H,72,73)(H,74,75)(H,76,77);2*1H. The highest BCUT2D eigenvalue weighted by atomic mass is 79.9. The topological polar surface area (TPSA) is 327 Å². The van der Waals surface area contributed by atoms with Crippen molar-refractivity contribution in [1.29, 1.82) is 0 Å². The first kappa shape index (κ1) is 73.8. The van der Waals surface area contributed by atoms with Crippen molar-refractivity contribution in [3.05, 3.63) is 111 Å². The fourth-order valence-electron chi connectivity index (χ4n) is 8.51. The Bertz CT molecular complexity index is 2940. The number of carboxylic acids is 4. The van der Waals surface area contributed by atoms with Crippen LogP contribution in [0, 0.1) is 0 Å². The summed E-state index contributed by atoms with van der Waals surface area (Å²) in [7, 11) is 4.94. The van der Waals surface area contributed by atoms with E-state index in [0.717, 1.165) is 0 Å². The van der Waals surface area contributed by atoms with Crippen molar-refractivity contribution in [2.24, 2.45) is 0 Å². The number of unbranched alkanes of at least 4 members (excludes halogenated alkanes) is 2. The first-order valence-corrected chi connectivity index (χ1v) is 28.3. The van der Waals surface area contributed by atoms with E-state index < -0.39 is 47.5 Å². The summed E-state index contributed by atoms with van der Waals surface area (Å²) in [4.78, 5) is 122. The molecule has 0 bridgehead atoms. The second-order valence-electron chi connectivity index (χ2n) is 17.7. The van der Waals surface area contributed by atoms with Gasteiger partial charge in [0.05, 0.1) is 57.3 Å². The molecule has 0 fully saturated rings. The van der Waals surface area contributed by atoms with Gasteiger partial charge in [0.15, 0.2) is 0 Å². The Kier molecular flexibility index (Phi) is 32.1. The number of carboxylic acid groups (broad SMARTS) is 4. The van der Waals surface area contributed by atoms with Gasteiger partial charge in [0.2, 0.25) is 0 Å². The number of benzene rings is 4. The van der Waals surface area contributed by atoms with E-state index in [1.807, 2.05) is 9.80 Å². The quantitative estimate of drug-likeness (QED) is 0.0173. The predicted octanol–water partition coefficient (Wildman–Crippen LogP) is 7.87. The van der Waals surface area contributed by atoms with E-state index >= 15 is 0 Å². The van der Waals surface area contributed by atoms with Crippen LogP contribution in [-0.4, -0.2) is 196 Å².